The molecule has 0 amide bonds. The van der Waals surface area contributed by atoms with Crippen molar-refractivity contribution in [2.75, 3.05) is 17.8 Å². The molecule has 2 heterocycles. The topological polar surface area (TPSA) is 73.7 Å². The van der Waals surface area contributed by atoms with E-state index in [9.17, 15) is 5.26 Å². The van der Waals surface area contributed by atoms with Gasteiger partial charge in [0.25, 0.3) is 0 Å². The number of aromatic amines is 1. The first-order valence-corrected chi connectivity index (χ1v) is 9.76. The largest absolute Gasteiger partial charge is 0.492 e. The molecule has 0 saturated heterocycles. The third kappa shape index (κ3) is 3.75. The smallest absolute Gasteiger partial charge is 0.119 e. The second-order valence-corrected chi connectivity index (χ2v) is 6.93. The summed E-state index contributed by atoms with van der Waals surface area (Å²) in [4.78, 5) is 7.65. The van der Waals surface area contributed by atoms with Gasteiger partial charge in [-0.2, -0.15) is 5.26 Å². The average molecular weight is 403 g/mol. The highest BCUT2D eigenvalue weighted by molar-refractivity contribution is 6.18. The number of halogens is 1. The summed E-state index contributed by atoms with van der Waals surface area (Å²) in [6.45, 7) is 2.40. The molecule has 144 valence electrons. The van der Waals surface area contributed by atoms with Crippen molar-refractivity contribution in [3.8, 4) is 22.9 Å². The number of alkyl halides is 1. The summed E-state index contributed by atoms with van der Waals surface area (Å²) < 4.78 is 5.57. The van der Waals surface area contributed by atoms with Crippen molar-refractivity contribution in [2.45, 2.75) is 6.92 Å². The number of aromatic nitrogens is 2. The highest BCUT2D eigenvalue weighted by atomic mass is 35.5. The van der Waals surface area contributed by atoms with E-state index in [0.29, 0.717) is 18.1 Å². The molecule has 5 nitrogen and oxygen atoms in total. The number of anilines is 2. The number of hydrogen-bond donors (Lipinski definition) is 2. The fraction of sp³-hybridized carbons (Fsp3) is 0.130. The molecular formula is C23H19ClN4O. The molecule has 0 radical (unpaired) electrons. The molecule has 2 N–H and O–H groups in total. The molecule has 0 saturated carbocycles. The molecule has 4 rings (SSSR count). The summed E-state index contributed by atoms with van der Waals surface area (Å²) >= 11 is 5.69. The number of rotatable bonds is 6. The van der Waals surface area contributed by atoms with Gasteiger partial charge in [0, 0.05) is 40.2 Å². The maximum atomic E-state index is 9.70. The molecule has 0 unspecified atom stereocenters. The fourth-order valence-electron chi connectivity index (χ4n) is 3.38. The Balaban J connectivity index is 1.80. The number of pyridine rings is 1. The van der Waals surface area contributed by atoms with Crippen LogP contribution < -0.4 is 10.1 Å². The minimum atomic E-state index is 0.438. The van der Waals surface area contributed by atoms with Gasteiger partial charge in [-0.15, -0.1) is 11.6 Å². The molecule has 0 atom stereocenters. The molecule has 2 aromatic carbocycles. The zero-order chi connectivity index (χ0) is 20.2. The van der Waals surface area contributed by atoms with Crippen LogP contribution in [-0.2, 0) is 0 Å². The van der Waals surface area contributed by atoms with E-state index >= 15 is 0 Å². The molecular weight excluding hydrogens is 384 g/mol. The van der Waals surface area contributed by atoms with E-state index in [4.69, 9.17) is 16.3 Å². The van der Waals surface area contributed by atoms with Crippen LogP contribution in [0.3, 0.4) is 0 Å². The third-order valence-corrected chi connectivity index (χ3v) is 4.89. The van der Waals surface area contributed by atoms with Crippen molar-refractivity contribution in [3.63, 3.8) is 0 Å². The van der Waals surface area contributed by atoms with E-state index in [2.05, 4.69) is 21.4 Å². The van der Waals surface area contributed by atoms with Crippen LogP contribution >= 0.6 is 11.6 Å². The van der Waals surface area contributed by atoms with Gasteiger partial charge in [0.2, 0.25) is 0 Å². The van der Waals surface area contributed by atoms with Gasteiger partial charge >= 0.3 is 0 Å². The fourth-order valence-corrected chi connectivity index (χ4v) is 3.45. The standard InChI is InChI=1S/C23H19ClN4O/c1-15-22(16-5-7-18(8-6-16)29-12-10-24)23(17(13-25)14-27-15)28-21-4-2-3-20-19(21)9-11-26-20/h2-9,11,14,26H,10,12H2,1H3,(H,27,28). The summed E-state index contributed by atoms with van der Waals surface area (Å²) in [7, 11) is 0. The predicted octanol–water partition coefficient (Wildman–Crippen LogP) is 5.77. The molecule has 2 aromatic heterocycles. The summed E-state index contributed by atoms with van der Waals surface area (Å²) in [6, 6.07) is 18.0. The van der Waals surface area contributed by atoms with Crippen LogP contribution in [0.1, 0.15) is 11.3 Å². The Kier molecular flexibility index (Phi) is 5.37. The number of hydrogen-bond acceptors (Lipinski definition) is 4. The van der Waals surface area contributed by atoms with Gasteiger partial charge in [-0.1, -0.05) is 18.2 Å². The van der Waals surface area contributed by atoms with Crippen LogP contribution in [0.2, 0.25) is 0 Å². The summed E-state index contributed by atoms with van der Waals surface area (Å²) in [5.74, 6) is 1.19. The Labute approximate surface area is 173 Å². The van der Waals surface area contributed by atoms with Crippen molar-refractivity contribution in [1.82, 2.24) is 9.97 Å². The first-order valence-electron chi connectivity index (χ1n) is 9.23. The second-order valence-electron chi connectivity index (χ2n) is 6.55. The normalized spacial score (nSPS) is 10.7. The molecule has 6 heteroatoms. The summed E-state index contributed by atoms with van der Waals surface area (Å²) in [6.07, 6.45) is 3.51. The van der Waals surface area contributed by atoms with Crippen LogP contribution in [0.15, 0.2) is 60.9 Å². The lowest BCUT2D eigenvalue weighted by Crippen LogP contribution is -2.01. The number of H-pyrrole nitrogens is 1. The van der Waals surface area contributed by atoms with E-state index in [1.54, 1.807) is 6.20 Å². The van der Waals surface area contributed by atoms with Crippen LogP contribution in [-0.4, -0.2) is 22.5 Å². The Morgan fingerprint density at radius 1 is 1.17 bits per heavy atom. The number of nitriles is 1. The van der Waals surface area contributed by atoms with Gasteiger partial charge in [0.05, 0.1) is 17.1 Å². The van der Waals surface area contributed by atoms with E-state index in [1.165, 1.54) is 0 Å². The Morgan fingerprint density at radius 3 is 2.76 bits per heavy atom. The van der Waals surface area contributed by atoms with Crippen molar-refractivity contribution in [3.05, 3.63) is 72.2 Å². The number of nitrogens with zero attached hydrogens (tertiary/aromatic N) is 2. The quantitative estimate of drug-likeness (QED) is 0.401. The minimum Gasteiger partial charge on any atom is -0.492 e. The second kappa shape index (κ2) is 8.26. The molecule has 0 spiro atoms. The number of nitrogens with one attached hydrogen (secondary N) is 2. The molecule has 0 bridgehead atoms. The van der Waals surface area contributed by atoms with Gasteiger partial charge in [-0.05, 0) is 42.8 Å². The first kappa shape index (κ1) is 18.9. The van der Waals surface area contributed by atoms with Crippen molar-refractivity contribution in [2.24, 2.45) is 0 Å². The van der Waals surface area contributed by atoms with Crippen LogP contribution in [0, 0.1) is 18.3 Å². The number of ether oxygens (including phenoxy) is 1. The van der Waals surface area contributed by atoms with Gasteiger partial charge in [-0.3, -0.25) is 4.98 Å². The SMILES string of the molecule is Cc1ncc(C#N)c(Nc2cccc3[nH]ccc23)c1-c1ccc(OCCCl)cc1. The predicted molar refractivity (Wildman–Crippen MR) is 117 cm³/mol. The third-order valence-electron chi connectivity index (χ3n) is 4.73. The average Bonchev–Trinajstić information content (AvgIpc) is 3.23. The number of benzene rings is 2. The lowest BCUT2D eigenvalue weighted by molar-refractivity contribution is 0.343. The molecule has 0 aliphatic carbocycles. The van der Waals surface area contributed by atoms with Crippen LogP contribution in [0.25, 0.3) is 22.0 Å². The zero-order valence-electron chi connectivity index (χ0n) is 15.9. The van der Waals surface area contributed by atoms with E-state index in [-0.39, 0.29) is 0 Å². The zero-order valence-corrected chi connectivity index (χ0v) is 16.6. The highest BCUT2D eigenvalue weighted by Crippen LogP contribution is 2.37. The van der Waals surface area contributed by atoms with Crippen LogP contribution in [0.4, 0.5) is 11.4 Å². The molecule has 29 heavy (non-hydrogen) atoms. The monoisotopic (exact) mass is 402 g/mol. The Bertz CT molecular complexity index is 1190. The maximum absolute atomic E-state index is 9.70. The van der Waals surface area contributed by atoms with Crippen LogP contribution in [0.5, 0.6) is 5.75 Å². The first-order chi connectivity index (χ1) is 14.2. The van der Waals surface area contributed by atoms with E-state index in [1.807, 2.05) is 61.7 Å². The van der Waals surface area contributed by atoms with Crippen molar-refractivity contribution < 1.29 is 4.74 Å². The molecule has 0 aliphatic heterocycles. The Hall–Kier alpha value is -3.49. The molecule has 0 aliphatic rings. The van der Waals surface area contributed by atoms with Crippen molar-refractivity contribution >= 4 is 33.9 Å². The Morgan fingerprint density at radius 2 is 2.00 bits per heavy atom. The number of aryl methyl sites for hydroxylation is 1. The van der Waals surface area contributed by atoms with E-state index in [0.717, 1.165) is 44.8 Å². The van der Waals surface area contributed by atoms with E-state index < -0.39 is 0 Å². The molecule has 0 fully saturated rings. The molecule has 4 aromatic rings. The lowest BCUT2D eigenvalue weighted by Gasteiger charge is -2.17. The van der Waals surface area contributed by atoms with Gasteiger partial charge in [0.15, 0.2) is 0 Å². The lowest BCUT2D eigenvalue weighted by atomic mass is 9.99. The van der Waals surface area contributed by atoms with Crippen molar-refractivity contribution in [1.29, 1.82) is 5.26 Å². The maximum Gasteiger partial charge on any atom is 0.119 e. The minimum absolute atomic E-state index is 0.438. The summed E-state index contributed by atoms with van der Waals surface area (Å²) in [5, 5.41) is 14.2. The van der Waals surface area contributed by atoms with Gasteiger partial charge < -0.3 is 15.0 Å². The highest BCUT2D eigenvalue weighted by Gasteiger charge is 2.16. The summed E-state index contributed by atoms with van der Waals surface area (Å²) in [5.41, 5.74) is 5.86. The van der Waals surface area contributed by atoms with Gasteiger partial charge in [0.1, 0.15) is 18.4 Å². The number of fused-ring (bicyclic) bond motifs is 1. The van der Waals surface area contributed by atoms with Gasteiger partial charge in [-0.25, -0.2) is 0 Å².